The predicted octanol–water partition coefficient (Wildman–Crippen LogP) is 4.07. The molecule has 2 fully saturated rings. The summed E-state index contributed by atoms with van der Waals surface area (Å²) in [5.74, 6) is 0.387. The molecule has 2 aliphatic rings. The van der Waals surface area contributed by atoms with E-state index in [1.54, 1.807) is 0 Å². The van der Waals surface area contributed by atoms with Gasteiger partial charge in [-0.25, -0.2) is 4.39 Å². The van der Waals surface area contributed by atoms with E-state index in [0.717, 1.165) is 26.2 Å². The van der Waals surface area contributed by atoms with Crippen LogP contribution in [0.5, 0.6) is 0 Å². The Morgan fingerprint density at radius 3 is 2.38 bits per heavy atom. The molecule has 1 atom stereocenters. The lowest BCUT2D eigenvalue weighted by atomic mass is 9.76. The maximum Gasteiger partial charge on any atom is 0.141 e. The molecule has 1 aliphatic carbocycles. The molecule has 1 heterocycles. The summed E-state index contributed by atoms with van der Waals surface area (Å²) in [7, 11) is 0. The third kappa shape index (κ3) is 4.23. The van der Waals surface area contributed by atoms with Crippen molar-refractivity contribution in [2.45, 2.75) is 25.3 Å². The van der Waals surface area contributed by atoms with E-state index in [-0.39, 0.29) is 35.7 Å². The summed E-state index contributed by atoms with van der Waals surface area (Å²) in [6, 6.07) is 5.65. The first kappa shape index (κ1) is 19.0. The topological polar surface area (TPSA) is 15.3 Å². The fourth-order valence-electron chi connectivity index (χ4n) is 3.19. The minimum absolute atomic E-state index is 0. The molecule has 1 saturated heterocycles. The smallest absolute Gasteiger partial charge is 0.141 e. The average Bonchev–Trinajstić information content (AvgIpc) is 2.38. The molecular formula is C15H22Cl3FN2. The number of benzene rings is 1. The Balaban J connectivity index is 0.00000110. The molecular weight excluding hydrogens is 334 g/mol. The zero-order valence-electron chi connectivity index (χ0n) is 11.9. The summed E-state index contributed by atoms with van der Waals surface area (Å²) in [5, 5.41) is 3.64. The first-order valence-electron chi connectivity index (χ1n) is 7.15. The van der Waals surface area contributed by atoms with Crippen LogP contribution in [0.2, 0.25) is 5.02 Å². The van der Waals surface area contributed by atoms with Crippen molar-refractivity contribution in [1.82, 2.24) is 10.2 Å². The van der Waals surface area contributed by atoms with Crippen LogP contribution in [0.4, 0.5) is 4.39 Å². The zero-order valence-corrected chi connectivity index (χ0v) is 14.2. The number of piperazine rings is 1. The molecule has 0 radical (unpaired) electrons. The lowest BCUT2D eigenvalue weighted by Crippen LogP contribution is -2.47. The highest BCUT2D eigenvalue weighted by molar-refractivity contribution is 6.30. The molecule has 120 valence electrons. The molecule has 3 rings (SSSR count). The number of rotatable bonds is 3. The van der Waals surface area contributed by atoms with Gasteiger partial charge in [-0.05, 0) is 36.5 Å². The van der Waals surface area contributed by atoms with Gasteiger partial charge in [-0.2, -0.15) is 0 Å². The fourth-order valence-corrected chi connectivity index (χ4v) is 3.38. The van der Waals surface area contributed by atoms with Crippen LogP contribution in [-0.2, 0) is 0 Å². The van der Waals surface area contributed by atoms with Gasteiger partial charge >= 0.3 is 0 Å². The van der Waals surface area contributed by atoms with Crippen LogP contribution in [0.15, 0.2) is 18.2 Å². The van der Waals surface area contributed by atoms with Crippen LogP contribution in [0.3, 0.4) is 0 Å². The normalized spacial score (nSPS) is 20.9. The van der Waals surface area contributed by atoms with E-state index < -0.39 is 0 Å². The minimum atomic E-state index is -0.321. The molecule has 0 amide bonds. The minimum Gasteiger partial charge on any atom is -0.314 e. The van der Waals surface area contributed by atoms with E-state index in [0.29, 0.717) is 12.0 Å². The first-order valence-corrected chi connectivity index (χ1v) is 7.53. The van der Waals surface area contributed by atoms with Crippen LogP contribution in [0.1, 0.15) is 30.9 Å². The van der Waals surface area contributed by atoms with Crippen molar-refractivity contribution in [3.63, 3.8) is 0 Å². The van der Waals surface area contributed by atoms with Crippen molar-refractivity contribution < 1.29 is 4.39 Å². The largest absolute Gasteiger partial charge is 0.314 e. The molecule has 2 nitrogen and oxygen atoms in total. The van der Waals surface area contributed by atoms with Gasteiger partial charge in [0.2, 0.25) is 0 Å². The van der Waals surface area contributed by atoms with Crippen molar-refractivity contribution in [1.29, 1.82) is 0 Å². The third-order valence-electron chi connectivity index (χ3n) is 4.43. The highest BCUT2D eigenvalue weighted by Crippen LogP contribution is 2.42. The third-order valence-corrected chi connectivity index (χ3v) is 4.72. The van der Waals surface area contributed by atoms with Crippen LogP contribution < -0.4 is 5.32 Å². The summed E-state index contributed by atoms with van der Waals surface area (Å²) in [5.41, 5.74) is 1.18. The number of nitrogens with one attached hydrogen (secondary N) is 1. The number of hydrogen-bond acceptors (Lipinski definition) is 2. The quantitative estimate of drug-likeness (QED) is 0.879. The Kier molecular flexibility index (Phi) is 7.72. The van der Waals surface area contributed by atoms with Crippen molar-refractivity contribution >= 4 is 36.4 Å². The average molecular weight is 356 g/mol. The van der Waals surface area contributed by atoms with Gasteiger partial charge in [0, 0.05) is 32.2 Å². The van der Waals surface area contributed by atoms with E-state index in [1.807, 2.05) is 12.1 Å². The van der Waals surface area contributed by atoms with Crippen molar-refractivity contribution in [2.75, 3.05) is 26.2 Å². The second-order valence-corrected chi connectivity index (χ2v) is 6.00. The van der Waals surface area contributed by atoms with Gasteiger partial charge in [0.05, 0.1) is 5.02 Å². The Bertz CT molecular complexity index is 449. The van der Waals surface area contributed by atoms with Crippen LogP contribution in [0, 0.1) is 11.7 Å². The number of nitrogens with zero attached hydrogens (tertiary/aromatic N) is 1. The Hall–Kier alpha value is -0.0600. The highest BCUT2D eigenvalue weighted by atomic mass is 35.5. The molecule has 0 unspecified atom stereocenters. The Morgan fingerprint density at radius 2 is 1.86 bits per heavy atom. The number of halogens is 4. The number of hydrogen-bond donors (Lipinski definition) is 1. The highest BCUT2D eigenvalue weighted by Gasteiger charge is 2.33. The summed E-state index contributed by atoms with van der Waals surface area (Å²) in [6.45, 7) is 4.21. The molecule has 1 aromatic rings. The van der Waals surface area contributed by atoms with Gasteiger partial charge in [-0.1, -0.05) is 24.1 Å². The summed E-state index contributed by atoms with van der Waals surface area (Å²) < 4.78 is 13.3. The van der Waals surface area contributed by atoms with E-state index in [2.05, 4.69) is 10.2 Å². The van der Waals surface area contributed by atoms with Gasteiger partial charge in [0.15, 0.2) is 0 Å². The van der Waals surface area contributed by atoms with Crippen LogP contribution in [0.25, 0.3) is 0 Å². The summed E-state index contributed by atoms with van der Waals surface area (Å²) in [6.07, 6.45) is 3.88. The van der Waals surface area contributed by atoms with Gasteiger partial charge in [-0.3, -0.25) is 4.90 Å². The van der Waals surface area contributed by atoms with Crippen LogP contribution >= 0.6 is 36.4 Å². The van der Waals surface area contributed by atoms with Gasteiger partial charge in [-0.15, -0.1) is 24.8 Å². The maximum absolute atomic E-state index is 13.3. The summed E-state index contributed by atoms with van der Waals surface area (Å²) >= 11 is 5.96. The van der Waals surface area contributed by atoms with Gasteiger partial charge < -0.3 is 5.32 Å². The van der Waals surface area contributed by atoms with Crippen molar-refractivity contribution in [2.24, 2.45) is 5.92 Å². The van der Waals surface area contributed by atoms with E-state index in [4.69, 9.17) is 11.6 Å². The predicted molar refractivity (Wildman–Crippen MR) is 90.4 cm³/mol. The Morgan fingerprint density at radius 1 is 1.19 bits per heavy atom. The molecule has 6 heteroatoms. The molecule has 1 aromatic carbocycles. The summed E-state index contributed by atoms with van der Waals surface area (Å²) in [4.78, 5) is 2.53. The van der Waals surface area contributed by atoms with E-state index in [1.165, 1.54) is 30.9 Å². The second-order valence-electron chi connectivity index (χ2n) is 5.60. The molecule has 21 heavy (non-hydrogen) atoms. The molecule has 0 bridgehead atoms. The maximum atomic E-state index is 13.3. The monoisotopic (exact) mass is 354 g/mol. The zero-order chi connectivity index (χ0) is 13.2. The van der Waals surface area contributed by atoms with Crippen LogP contribution in [-0.4, -0.2) is 31.1 Å². The lowest BCUT2D eigenvalue weighted by molar-refractivity contribution is 0.0837. The first-order chi connectivity index (χ1) is 9.25. The molecule has 1 aliphatic heterocycles. The molecule has 0 aromatic heterocycles. The standard InChI is InChI=1S/C15H20ClFN2.2ClH/c16-13-10-12(4-5-14(13)17)15(11-2-1-3-11)19-8-6-18-7-9-19;;/h4-5,10-11,15,18H,1-3,6-9H2;2*1H/t15-;;/m1../s1. The van der Waals surface area contributed by atoms with Gasteiger partial charge in [0.1, 0.15) is 5.82 Å². The molecule has 0 spiro atoms. The van der Waals surface area contributed by atoms with Gasteiger partial charge in [0.25, 0.3) is 0 Å². The fraction of sp³-hybridized carbons (Fsp3) is 0.600. The lowest BCUT2D eigenvalue weighted by Gasteiger charge is -2.43. The van der Waals surface area contributed by atoms with Crippen molar-refractivity contribution in [3.8, 4) is 0 Å². The molecule has 1 saturated carbocycles. The Labute approximate surface area is 143 Å². The SMILES string of the molecule is Cl.Cl.Fc1ccc([C@@H](C2CCC2)N2CCNCC2)cc1Cl. The van der Waals surface area contributed by atoms with E-state index in [9.17, 15) is 4.39 Å². The second kappa shape index (κ2) is 8.54. The molecule has 1 N–H and O–H groups in total. The van der Waals surface area contributed by atoms with E-state index >= 15 is 0 Å². The van der Waals surface area contributed by atoms with Crippen molar-refractivity contribution in [3.05, 3.63) is 34.6 Å².